The summed E-state index contributed by atoms with van der Waals surface area (Å²) in [5.41, 5.74) is 6.11. The van der Waals surface area contributed by atoms with Crippen LogP contribution in [-0.4, -0.2) is 26.4 Å². The molecular formula is C11H17N3O4S. The van der Waals surface area contributed by atoms with E-state index in [2.05, 4.69) is 4.72 Å². The lowest BCUT2D eigenvalue weighted by molar-refractivity contribution is -0.385. The zero-order valence-corrected chi connectivity index (χ0v) is 11.7. The Morgan fingerprint density at radius 2 is 2.00 bits per heavy atom. The Morgan fingerprint density at radius 1 is 1.37 bits per heavy atom. The Morgan fingerprint density at radius 3 is 2.53 bits per heavy atom. The Bertz CT molecular complexity index is 584. The van der Waals surface area contributed by atoms with Crippen molar-refractivity contribution in [2.75, 3.05) is 13.1 Å². The average molecular weight is 287 g/mol. The first-order valence-corrected chi connectivity index (χ1v) is 7.23. The average Bonchev–Trinajstić information content (AvgIpc) is 2.32. The van der Waals surface area contributed by atoms with Gasteiger partial charge in [0.05, 0.1) is 9.82 Å². The number of nitro groups is 1. The minimum Gasteiger partial charge on any atom is -0.330 e. The molecule has 0 fully saturated rings. The fraction of sp³-hybridized carbons (Fsp3) is 0.455. The molecule has 0 spiro atoms. The number of hydrogen-bond donors (Lipinski definition) is 2. The highest BCUT2D eigenvalue weighted by molar-refractivity contribution is 7.89. The summed E-state index contributed by atoms with van der Waals surface area (Å²) in [6.45, 7) is 3.81. The maximum absolute atomic E-state index is 12.0. The fourth-order valence-corrected chi connectivity index (χ4v) is 2.72. The van der Waals surface area contributed by atoms with Crippen LogP contribution in [0.1, 0.15) is 17.5 Å². The molecule has 0 amide bonds. The molecule has 7 nitrogen and oxygen atoms in total. The van der Waals surface area contributed by atoms with E-state index in [9.17, 15) is 18.5 Å². The van der Waals surface area contributed by atoms with Crippen molar-refractivity contribution in [3.8, 4) is 0 Å². The number of aryl methyl sites for hydroxylation is 1. The first-order chi connectivity index (χ1) is 8.79. The van der Waals surface area contributed by atoms with Crippen LogP contribution in [0.5, 0.6) is 0 Å². The lowest BCUT2D eigenvalue weighted by Gasteiger charge is -2.09. The number of nitrogens with one attached hydrogen (secondary N) is 1. The van der Waals surface area contributed by atoms with Gasteiger partial charge in [-0.1, -0.05) is 0 Å². The summed E-state index contributed by atoms with van der Waals surface area (Å²) in [6, 6.07) is 2.50. The molecule has 19 heavy (non-hydrogen) atoms. The molecule has 106 valence electrons. The van der Waals surface area contributed by atoms with Crippen LogP contribution in [0, 0.1) is 24.0 Å². The van der Waals surface area contributed by atoms with Gasteiger partial charge in [0, 0.05) is 18.2 Å². The van der Waals surface area contributed by atoms with E-state index >= 15 is 0 Å². The molecule has 0 atom stereocenters. The number of nitro benzene ring substituents is 1. The molecule has 0 aliphatic heterocycles. The SMILES string of the molecule is Cc1cc(S(=O)(=O)NCCCN)cc([N+](=O)[O-])c1C. The van der Waals surface area contributed by atoms with Gasteiger partial charge in [0.1, 0.15) is 0 Å². The fourth-order valence-electron chi connectivity index (χ4n) is 1.55. The summed E-state index contributed by atoms with van der Waals surface area (Å²) in [4.78, 5) is 10.2. The van der Waals surface area contributed by atoms with Crippen molar-refractivity contribution in [1.82, 2.24) is 4.72 Å². The molecule has 0 aliphatic rings. The third-order valence-corrected chi connectivity index (χ3v) is 4.23. The molecule has 0 bridgehead atoms. The standard InChI is InChI=1S/C11H17N3O4S/c1-8-6-10(7-11(9(8)2)14(15)16)19(17,18)13-5-3-4-12/h6-7,13H,3-5,12H2,1-2H3. The molecule has 0 aliphatic carbocycles. The first kappa shape index (κ1) is 15.5. The summed E-state index contributed by atoms with van der Waals surface area (Å²) < 4.78 is 26.3. The summed E-state index contributed by atoms with van der Waals surface area (Å²) in [7, 11) is -3.74. The zero-order chi connectivity index (χ0) is 14.6. The number of hydrogen-bond acceptors (Lipinski definition) is 5. The maximum Gasteiger partial charge on any atom is 0.273 e. The van der Waals surface area contributed by atoms with Crippen LogP contribution in [0.4, 0.5) is 5.69 Å². The monoisotopic (exact) mass is 287 g/mol. The van der Waals surface area contributed by atoms with Crippen LogP contribution < -0.4 is 10.5 Å². The van der Waals surface area contributed by atoms with E-state index in [1.165, 1.54) is 6.07 Å². The molecule has 8 heteroatoms. The van der Waals surface area contributed by atoms with Gasteiger partial charge in [-0.25, -0.2) is 13.1 Å². The van der Waals surface area contributed by atoms with Crippen molar-refractivity contribution < 1.29 is 13.3 Å². The first-order valence-electron chi connectivity index (χ1n) is 5.75. The van der Waals surface area contributed by atoms with Gasteiger partial charge in [0.2, 0.25) is 10.0 Å². The summed E-state index contributed by atoms with van der Waals surface area (Å²) in [5, 5.41) is 10.9. The van der Waals surface area contributed by atoms with Gasteiger partial charge in [-0.3, -0.25) is 10.1 Å². The highest BCUT2D eigenvalue weighted by Crippen LogP contribution is 2.25. The van der Waals surface area contributed by atoms with E-state index in [4.69, 9.17) is 5.73 Å². The zero-order valence-electron chi connectivity index (χ0n) is 10.8. The van der Waals surface area contributed by atoms with Gasteiger partial charge in [-0.05, 0) is 38.4 Å². The van der Waals surface area contributed by atoms with Crippen molar-refractivity contribution in [2.45, 2.75) is 25.2 Å². The highest BCUT2D eigenvalue weighted by Gasteiger charge is 2.21. The smallest absolute Gasteiger partial charge is 0.273 e. The van der Waals surface area contributed by atoms with Crippen molar-refractivity contribution in [3.05, 3.63) is 33.4 Å². The molecule has 1 aromatic carbocycles. The number of sulfonamides is 1. The predicted molar refractivity (Wildman–Crippen MR) is 71.4 cm³/mol. The van der Waals surface area contributed by atoms with Crippen LogP contribution in [0.2, 0.25) is 0 Å². The lowest BCUT2D eigenvalue weighted by Crippen LogP contribution is -2.26. The molecular weight excluding hydrogens is 270 g/mol. The maximum atomic E-state index is 12.0. The number of rotatable bonds is 6. The van der Waals surface area contributed by atoms with Crippen molar-refractivity contribution in [3.63, 3.8) is 0 Å². The molecule has 0 heterocycles. The largest absolute Gasteiger partial charge is 0.330 e. The number of nitrogens with two attached hydrogens (primary N) is 1. The van der Waals surface area contributed by atoms with E-state index in [0.717, 1.165) is 6.07 Å². The van der Waals surface area contributed by atoms with E-state index < -0.39 is 14.9 Å². The van der Waals surface area contributed by atoms with Crippen LogP contribution >= 0.6 is 0 Å². The molecule has 0 radical (unpaired) electrons. The Kier molecular flexibility index (Phi) is 4.98. The molecule has 1 rings (SSSR count). The Hall–Kier alpha value is -1.51. The van der Waals surface area contributed by atoms with Gasteiger partial charge < -0.3 is 5.73 Å². The number of benzene rings is 1. The quantitative estimate of drug-likeness (QED) is 0.457. The normalized spacial score (nSPS) is 11.5. The molecule has 0 unspecified atom stereocenters. The van der Waals surface area contributed by atoms with Crippen LogP contribution in [0.15, 0.2) is 17.0 Å². The van der Waals surface area contributed by atoms with Crippen molar-refractivity contribution in [1.29, 1.82) is 0 Å². The summed E-state index contributed by atoms with van der Waals surface area (Å²) in [6.07, 6.45) is 0.506. The second-order valence-corrected chi connectivity index (χ2v) is 5.95. The Balaban J connectivity index is 3.17. The van der Waals surface area contributed by atoms with Crippen LogP contribution in [0.3, 0.4) is 0 Å². The van der Waals surface area contributed by atoms with E-state index in [1.54, 1.807) is 13.8 Å². The topological polar surface area (TPSA) is 115 Å². The van der Waals surface area contributed by atoms with Crippen molar-refractivity contribution >= 4 is 15.7 Å². The Labute approximate surface area is 112 Å². The van der Waals surface area contributed by atoms with E-state index in [1.807, 2.05) is 0 Å². The number of nitrogens with zero attached hydrogens (tertiary/aromatic N) is 1. The lowest BCUT2D eigenvalue weighted by atomic mass is 10.1. The summed E-state index contributed by atoms with van der Waals surface area (Å²) in [5.74, 6) is 0. The van der Waals surface area contributed by atoms with Crippen molar-refractivity contribution in [2.24, 2.45) is 5.73 Å². The molecule has 0 saturated carbocycles. The van der Waals surface area contributed by atoms with Gasteiger partial charge in [0.25, 0.3) is 5.69 Å². The second kappa shape index (κ2) is 6.09. The van der Waals surface area contributed by atoms with E-state index in [0.29, 0.717) is 24.1 Å². The van der Waals surface area contributed by atoms with Gasteiger partial charge in [-0.15, -0.1) is 0 Å². The molecule has 3 N–H and O–H groups in total. The summed E-state index contributed by atoms with van der Waals surface area (Å²) >= 11 is 0. The molecule has 0 aromatic heterocycles. The third kappa shape index (κ3) is 3.72. The predicted octanol–water partition coefficient (Wildman–Crippen LogP) is 0.839. The van der Waals surface area contributed by atoms with Gasteiger partial charge >= 0.3 is 0 Å². The van der Waals surface area contributed by atoms with Gasteiger partial charge in [0.15, 0.2) is 0 Å². The van der Waals surface area contributed by atoms with E-state index in [-0.39, 0.29) is 17.1 Å². The minimum absolute atomic E-state index is 0.0979. The second-order valence-electron chi connectivity index (χ2n) is 4.18. The third-order valence-electron chi connectivity index (χ3n) is 2.79. The molecule has 1 aromatic rings. The minimum atomic E-state index is -3.74. The van der Waals surface area contributed by atoms with Crippen LogP contribution in [0.25, 0.3) is 0 Å². The van der Waals surface area contributed by atoms with Crippen LogP contribution in [-0.2, 0) is 10.0 Å². The van der Waals surface area contributed by atoms with Gasteiger partial charge in [-0.2, -0.15) is 0 Å². The molecule has 0 saturated heterocycles. The highest BCUT2D eigenvalue weighted by atomic mass is 32.2.